The first-order valence-electron chi connectivity index (χ1n) is 15.4. The van der Waals surface area contributed by atoms with Gasteiger partial charge >= 0.3 is 6.18 Å². The van der Waals surface area contributed by atoms with Crippen LogP contribution in [0.5, 0.6) is 0 Å². The molecular weight excluding hydrogens is 567 g/mol. The summed E-state index contributed by atoms with van der Waals surface area (Å²) >= 11 is 0. The largest absolute Gasteiger partial charge is 0.416 e. The highest BCUT2D eigenvalue weighted by molar-refractivity contribution is 5.95. The summed E-state index contributed by atoms with van der Waals surface area (Å²) in [7, 11) is 0. The number of carbonyl (C=O) groups excluding carboxylic acids is 2. The van der Waals surface area contributed by atoms with Crippen LogP contribution in [0.25, 0.3) is 11.1 Å². The molecule has 1 atom stereocenters. The average Bonchev–Trinajstić information content (AvgIpc) is 3.85. The summed E-state index contributed by atoms with van der Waals surface area (Å²) in [6.45, 7) is 4.50. The molecular formula is C35H38F3N3O3. The summed E-state index contributed by atoms with van der Waals surface area (Å²) in [6, 6.07) is 16.8. The van der Waals surface area contributed by atoms with Gasteiger partial charge in [0, 0.05) is 25.2 Å². The summed E-state index contributed by atoms with van der Waals surface area (Å²) in [6.07, 6.45) is -0.453. The number of ether oxygens (including phenoxy) is 1. The second-order valence-electron chi connectivity index (χ2n) is 12.4. The number of halogens is 3. The Labute approximate surface area is 255 Å². The van der Waals surface area contributed by atoms with Crippen molar-refractivity contribution in [2.75, 3.05) is 26.3 Å². The SMILES string of the molecule is C[C@@H](NC(=O)c1cc(C2CC2)cc(C2CCN(C(=O)C3COC3)CC2)c1)c1ccc(-c2cc(C(F)(F)F)ccc2CN)cc1. The molecule has 2 aliphatic heterocycles. The maximum atomic E-state index is 13.5. The number of likely N-dealkylation sites (tertiary alicyclic amines) is 1. The molecule has 1 aliphatic carbocycles. The second kappa shape index (κ2) is 12.4. The Morgan fingerprint density at radius 2 is 1.57 bits per heavy atom. The number of amides is 2. The summed E-state index contributed by atoms with van der Waals surface area (Å²) in [5, 5.41) is 3.11. The van der Waals surface area contributed by atoms with Crippen molar-refractivity contribution in [1.82, 2.24) is 10.2 Å². The molecule has 0 aromatic heterocycles. The lowest BCUT2D eigenvalue weighted by Gasteiger charge is -2.36. The third-order valence-electron chi connectivity index (χ3n) is 9.28. The van der Waals surface area contributed by atoms with Gasteiger partial charge in [0.25, 0.3) is 5.91 Å². The van der Waals surface area contributed by atoms with Gasteiger partial charge < -0.3 is 20.7 Å². The summed E-state index contributed by atoms with van der Waals surface area (Å²) in [5.74, 6) is 0.814. The van der Waals surface area contributed by atoms with Crippen molar-refractivity contribution in [3.8, 4) is 11.1 Å². The molecule has 6 rings (SSSR count). The van der Waals surface area contributed by atoms with E-state index in [9.17, 15) is 22.8 Å². The van der Waals surface area contributed by atoms with Crippen molar-refractivity contribution in [2.24, 2.45) is 11.7 Å². The monoisotopic (exact) mass is 605 g/mol. The van der Waals surface area contributed by atoms with Crippen molar-refractivity contribution >= 4 is 11.8 Å². The van der Waals surface area contributed by atoms with Crippen LogP contribution in [-0.4, -0.2) is 43.0 Å². The van der Waals surface area contributed by atoms with Crippen molar-refractivity contribution in [3.05, 3.63) is 94.0 Å². The van der Waals surface area contributed by atoms with E-state index >= 15 is 0 Å². The lowest BCUT2D eigenvalue weighted by Crippen LogP contribution is -2.47. The minimum absolute atomic E-state index is 0.00206. The van der Waals surface area contributed by atoms with Gasteiger partial charge in [0.05, 0.1) is 30.7 Å². The van der Waals surface area contributed by atoms with Gasteiger partial charge in [-0.3, -0.25) is 9.59 Å². The Hall–Kier alpha value is -3.69. The Balaban J connectivity index is 1.15. The van der Waals surface area contributed by atoms with E-state index in [1.807, 2.05) is 36.1 Å². The molecule has 0 spiro atoms. The minimum atomic E-state index is -4.45. The molecule has 0 bridgehead atoms. The molecule has 3 aliphatic rings. The van der Waals surface area contributed by atoms with E-state index in [1.54, 1.807) is 12.1 Å². The fourth-order valence-electron chi connectivity index (χ4n) is 6.28. The average molecular weight is 606 g/mol. The molecule has 3 fully saturated rings. The number of piperidine rings is 1. The normalized spacial score (nSPS) is 18.5. The zero-order valence-electron chi connectivity index (χ0n) is 24.8. The molecule has 3 N–H and O–H groups in total. The first kappa shape index (κ1) is 30.3. The van der Waals surface area contributed by atoms with Gasteiger partial charge in [0.2, 0.25) is 5.91 Å². The molecule has 2 saturated heterocycles. The molecule has 6 nitrogen and oxygen atoms in total. The van der Waals surface area contributed by atoms with Gasteiger partial charge in [-0.05, 0) is 102 Å². The van der Waals surface area contributed by atoms with E-state index in [2.05, 4.69) is 11.4 Å². The van der Waals surface area contributed by atoms with E-state index in [0.717, 1.165) is 62.0 Å². The maximum Gasteiger partial charge on any atom is 0.416 e. The maximum absolute atomic E-state index is 13.5. The Morgan fingerprint density at radius 3 is 2.11 bits per heavy atom. The van der Waals surface area contributed by atoms with Gasteiger partial charge in [-0.2, -0.15) is 13.2 Å². The standard InChI is InChI=1S/C35H38F3N3O3/c1-21(22-2-6-25(7-3-22)32-17-31(35(36,37)38)9-8-26(32)18-39)40-33(42)29-15-27(23-4-5-23)14-28(16-29)24-10-12-41(13-11-24)34(43)30-19-44-20-30/h2-3,6-9,14-17,21,23-24,30H,4-5,10-13,18-20,39H2,1H3,(H,40,42)/t21-/m1/s1. The summed E-state index contributed by atoms with van der Waals surface area (Å²) < 4.78 is 45.2. The van der Waals surface area contributed by atoms with E-state index in [0.29, 0.717) is 47.3 Å². The van der Waals surface area contributed by atoms with Crippen LogP contribution >= 0.6 is 0 Å². The number of nitrogens with two attached hydrogens (primary N) is 1. The highest BCUT2D eigenvalue weighted by atomic mass is 19.4. The van der Waals surface area contributed by atoms with E-state index in [-0.39, 0.29) is 30.3 Å². The predicted octanol–water partition coefficient (Wildman–Crippen LogP) is 6.55. The van der Waals surface area contributed by atoms with Gasteiger partial charge in [-0.1, -0.05) is 36.4 Å². The molecule has 3 aromatic carbocycles. The van der Waals surface area contributed by atoms with E-state index in [1.165, 1.54) is 11.6 Å². The van der Waals surface area contributed by atoms with Crippen molar-refractivity contribution < 1.29 is 27.5 Å². The number of carbonyl (C=O) groups is 2. The number of nitrogens with zero attached hydrogens (tertiary/aromatic N) is 1. The fraction of sp³-hybridized carbons (Fsp3) is 0.429. The first-order valence-corrected chi connectivity index (χ1v) is 15.4. The molecule has 44 heavy (non-hydrogen) atoms. The van der Waals surface area contributed by atoms with Gasteiger partial charge in [0.15, 0.2) is 0 Å². The lowest BCUT2D eigenvalue weighted by molar-refractivity contribution is -0.151. The molecule has 2 heterocycles. The number of hydrogen-bond acceptors (Lipinski definition) is 4. The highest BCUT2D eigenvalue weighted by Crippen LogP contribution is 2.42. The fourth-order valence-corrected chi connectivity index (χ4v) is 6.28. The Bertz CT molecular complexity index is 1520. The van der Waals surface area contributed by atoms with Crippen LogP contribution in [0.15, 0.2) is 60.7 Å². The second-order valence-corrected chi connectivity index (χ2v) is 12.4. The van der Waals surface area contributed by atoms with Crippen LogP contribution in [0.4, 0.5) is 13.2 Å². The predicted molar refractivity (Wildman–Crippen MR) is 162 cm³/mol. The van der Waals surface area contributed by atoms with Crippen molar-refractivity contribution in [3.63, 3.8) is 0 Å². The topological polar surface area (TPSA) is 84.7 Å². The Kier molecular flexibility index (Phi) is 8.53. The van der Waals surface area contributed by atoms with Crippen molar-refractivity contribution in [2.45, 2.75) is 63.2 Å². The minimum Gasteiger partial charge on any atom is -0.380 e. The van der Waals surface area contributed by atoms with Crippen LogP contribution in [0.3, 0.4) is 0 Å². The molecule has 9 heteroatoms. The molecule has 0 unspecified atom stereocenters. The quantitative estimate of drug-likeness (QED) is 0.305. The molecule has 3 aromatic rings. The number of hydrogen-bond donors (Lipinski definition) is 2. The molecule has 232 valence electrons. The molecule has 2 amide bonds. The lowest BCUT2D eigenvalue weighted by atomic mass is 9.86. The van der Waals surface area contributed by atoms with Crippen LogP contribution in [0, 0.1) is 5.92 Å². The van der Waals surface area contributed by atoms with Gasteiger partial charge in [-0.15, -0.1) is 0 Å². The third-order valence-corrected chi connectivity index (χ3v) is 9.28. The van der Waals surface area contributed by atoms with Crippen LogP contribution in [0.2, 0.25) is 0 Å². The zero-order valence-corrected chi connectivity index (χ0v) is 24.8. The summed E-state index contributed by atoms with van der Waals surface area (Å²) in [5.41, 5.74) is 10.6. The van der Waals surface area contributed by atoms with E-state index in [4.69, 9.17) is 10.5 Å². The Morgan fingerprint density at radius 1 is 0.932 bits per heavy atom. The molecule has 1 saturated carbocycles. The van der Waals surface area contributed by atoms with Gasteiger partial charge in [-0.25, -0.2) is 0 Å². The van der Waals surface area contributed by atoms with E-state index < -0.39 is 11.7 Å². The number of benzene rings is 3. The van der Waals surface area contributed by atoms with Crippen LogP contribution < -0.4 is 11.1 Å². The number of nitrogens with one attached hydrogen (secondary N) is 1. The van der Waals surface area contributed by atoms with Crippen LogP contribution in [0.1, 0.15) is 88.7 Å². The molecule has 0 radical (unpaired) electrons. The smallest absolute Gasteiger partial charge is 0.380 e. The highest BCUT2D eigenvalue weighted by Gasteiger charge is 2.34. The van der Waals surface area contributed by atoms with Crippen molar-refractivity contribution in [1.29, 1.82) is 0 Å². The first-order chi connectivity index (χ1) is 21.1. The summed E-state index contributed by atoms with van der Waals surface area (Å²) in [4.78, 5) is 28.1. The third kappa shape index (κ3) is 6.54. The number of rotatable bonds is 8. The van der Waals surface area contributed by atoms with Gasteiger partial charge in [0.1, 0.15) is 0 Å². The van der Waals surface area contributed by atoms with Crippen LogP contribution in [-0.2, 0) is 22.3 Å². The zero-order chi connectivity index (χ0) is 31.0. The number of alkyl halides is 3.